The molecular weight excluding hydrogens is 110 g/mol. The van der Waals surface area contributed by atoms with Gasteiger partial charge in [0.2, 0.25) is 0 Å². The van der Waals surface area contributed by atoms with Gasteiger partial charge in [-0.25, -0.2) is 15.0 Å². The maximum absolute atomic E-state index is 3.56. The zero-order chi connectivity index (χ0) is 4.24. The number of hydrogen-bond donors (Lipinski definition) is 0. The minimum Gasteiger partial charge on any atom is -0.225 e. The first-order valence-electron chi connectivity index (χ1n) is 1.55. The molecule has 36 valence electrons. The van der Waals surface area contributed by atoms with E-state index in [0.29, 0.717) is 0 Å². The van der Waals surface area contributed by atoms with Crippen molar-refractivity contribution in [3.05, 3.63) is 19.0 Å². The summed E-state index contributed by atoms with van der Waals surface area (Å²) < 4.78 is 0. The summed E-state index contributed by atoms with van der Waals surface area (Å²) in [5.74, 6) is 0. The third-order valence-corrected chi connectivity index (χ3v) is 0.400. The monoisotopic (exact) mass is 113 g/mol. The quantitative estimate of drug-likeness (QED) is 0.492. The van der Waals surface area contributed by atoms with Crippen molar-refractivity contribution >= 4 is 13.5 Å². The van der Waals surface area contributed by atoms with Crippen molar-refractivity contribution < 1.29 is 0 Å². The van der Waals surface area contributed by atoms with Crippen LogP contribution in [0.2, 0.25) is 0 Å². The fraction of sp³-hybridized carbons (Fsp3) is 0. The minimum absolute atomic E-state index is 0. The standard InChI is InChI=1S/C3H3N3.S/c1-4-2-6-3-5-1;/h1-3H;. The highest BCUT2D eigenvalue weighted by molar-refractivity contribution is 7.59. The van der Waals surface area contributed by atoms with Crippen LogP contribution in [0, 0.1) is 0 Å². The van der Waals surface area contributed by atoms with Crippen molar-refractivity contribution in [3.8, 4) is 0 Å². The number of hydrogen-bond acceptors (Lipinski definition) is 3. The molecule has 0 aliphatic carbocycles. The lowest BCUT2D eigenvalue weighted by atomic mass is 11.1. The van der Waals surface area contributed by atoms with Crippen molar-refractivity contribution in [2.45, 2.75) is 0 Å². The van der Waals surface area contributed by atoms with E-state index in [0.717, 1.165) is 0 Å². The highest BCUT2D eigenvalue weighted by Gasteiger charge is 1.59. The van der Waals surface area contributed by atoms with Gasteiger partial charge in [0.15, 0.2) is 0 Å². The topological polar surface area (TPSA) is 38.7 Å². The largest absolute Gasteiger partial charge is 0.225 e. The van der Waals surface area contributed by atoms with Gasteiger partial charge in [0.05, 0.1) is 0 Å². The first-order chi connectivity index (χ1) is 3.00. The number of rotatable bonds is 0. The Morgan fingerprint density at radius 3 is 1.14 bits per heavy atom. The van der Waals surface area contributed by atoms with Crippen LogP contribution in [0.1, 0.15) is 0 Å². The summed E-state index contributed by atoms with van der Waals surface area (Å²) in [7, 11) is 0. The van der Waals surface area contributed by atoms with Crippen LogP contribution >= 0.6 is 13.5 Å². The maximum atomic E-state index is 3.56. The molecule has 0 aliphatic heterocycles. The van der Waals surface area contributed by atoms with Crippen LogP contribution in [-0.2, 0) is 0 Å². The van der Waals surface area contributed by atoms with Gasteiger partial charge >= 0.3 is 0 Å². The predicted molar refractivity (Wildman–Crippen MR) is 27.4 cm³/mol. The Morgan fingerprint density at radius 2 is 1.00 bits per heavy atom. The molecule has 0 saturated heterocycles. The molecule has 0 N–H and O–H groups in total. The molecule has 0 amide bonds. The molecule has 0 aromatic carbocycles. The fourth-order valence-electron chi connectivity index (χ4n) is 0.205. The third kappa shape index (κ3) is 2.11. The minimum atomic E-state index is 0. The molecule has 2 radical (unpaired) electrons. The lowest BCUT2D eigenvalue weighted by Gasteiger charge is -1.69. The van der Waals surface area contributed by atoms with Crippen LogP contribution in [0.4, 0.5) is 0 Å². The van der Waals surface area contributed by atoms with Gasteiger partial charge in [-0.2, -0.15) is 0 Å². The SMILES string of the molecule is [S].c1ncncn1. The normalized spacial score (nSPS) is 6.86. The van der Waals surface area contributed by atoms with Gasteiger partial charge in [0, 0.05) is 13.5 Å². The Morgan fingerprint density at radius 1 is 0.714 bits per heavy atom. The summed E-state index contributed by atoms with van der Waals surface area (Å²) in [6, 6.07) is 0. The van der Waals surface area contributed by atoms with Crippen LogP contribution in [0.5, 0.6) is 0 Å². The Bertz CT molecular complexity index is 82.1. The third-order valence-electron chi connectivity index (χ3n) is 0.400. The maximum Gasteiger partial charge on any atom is 0.119 e. The molecule has 0 unspecified atom stereocenters. The average Bonchev–Trinajstić information content (AvgIpc) is 1.72. The second-order valence-electron chi connectivity index (χ2n) is 0.794. The second-order valence-corrected chi connectivity index (χ2v) is 0.794. The highest BCUT2D eigenvalue weighted by atomic mass is 32.1. The van der Waals surface area contributed by atoms with E-state index in [1.807, 2.05) is 0 Å². The van der Waals surface area contributed by atoms with Crippen molar-refractivity contribution in [3.63, 3.8) is 0 Å². The summed E-state index contributed by atoms with van der Waals surface area (Å²) in [6.07, 6.45) is 4.31. The van der Waals surface area contributed by atoms with E-state index in [4.69, 9.17) is 0 Å². The molecule has 1 heterocycles. The molecule has 1 aromatic heterocycles. The fourth-order valence-corrected chi connectivity index (χ4v) is 0.205. The summed E-state index contributed by atoms with van der Waals surface area (Å²) in [5, 5.41) is 0. The summed E-state index contributed by atoms with van der Waals surface area (Å²) in [6.45, 7) is 0. The van der Waals surface area contributed by atoms with Crippen LogP contribution in [-0.4, -0.2) is 15.0 Å². The first-order valence-corrected chi connectivity index (χ1v) is 1.55. The van der Waals surface area contributed by atoms with Crippen LogP contribution in [0.25, 0.3) is 0 Å². The molecule has 0 saturated carbocycles. The molecule has 3 nitrogen and oxygen atoms in total. The van der Waals surface area contributed by atoms with Crippen molar-refractivity contribution in [2.24, 2.45) is 0 Å². The van der Waals surface area contributed by atoms with Crippen LogP contribution in [0.15, 0.2) is 19.0 Å². The summed E-state index contributed by atoms with van der Waals surface area (Å²) in [5.41, 5.74) is 0. The van der Waals surface area contributed by atoms with E-state index >= 15 is 0 Å². The predicted octanol–water partition coefficient (Wildman–Crippen LogP) is 0.520. The van der Waals surface area contributed by atoms with Gasteiger partial charge in [-0.1, -0.05) is 0 Å². The van der Waals surface area contributed by atoms with Crippen molar-refractivity contribution in [1.82, 2.24) is 15.0 Å². The molecule has 0 bridgehead atoms. The van der Waals surface area contributed by atoms with E-state index in [2.05, 4.69) is 15.0 Å². The summed E-state index contributed by atoms with van der Waals surface area (Å²) >= 11 is 0. The Labute approximate surface area is 48.3 Å². The van der Waals surface area contributed by atoms with Crippen LogP contribution in [0.3, 0.4) is 0 Å². The van der Waals surface area contributed by atoms with Crippen LogP contribution < -0.4 is 0 Å². The van der Waals surface area contributed by atoms with Gasteiger partial charge in [-0.15, -0.1) is 0 Å². The molecule has 1 rings (SSSR count). The molecule has 7 heavy (non-hydrogen) atoms. The van der Waals surface area contributed by atoms with Gasteiger partial charge in [-0.3, -0.25) is 0 Å². The van der Waals surface area contributed by atoms with Gasteiger partial charge in [0.1, 0.15) is 19.0 Å². The Balaban J connectivity index is 0.000000360. The van der Waals surface area contributed by atoms with E-state index in [1.165, 1.54) is 19.0 Å². The van der Waals surface area contributed by atoms with Crippen molar-refractivity contribution in [2.75, 3.05) is 0 Å². The van der Waals surface area contributed by atoms with E-state index < -0.39 is 0 Å². The second kappa shape index (κ2) is 3.55. The smallest absolute Gasteiger partial charge is 0.119 e. The zero-order valence-corrected chi connectivity index (χ0v) is 4.30. The van der Waals surface area contributed by atoms with Gasteiger partial charge in [0.25, 0.3) is 0 Å². The average molecular weight is 113 g/mol. The molecule has 4 heteroatoms. The summed E-state index contributed by atoms with van der Waals surface area (Å²) in [4.78, 5) is 10.7. The molecule has 1 aromatic rings. The lowest BCUT2D eigenvalue weighted by Crippen LogP contribution is -1.73. The van der Waals surface area contributed by atoms with Crippen molar-refractivity contribution in [1.29, 1.82) is 0 Å². The Hall–Kier alpha value is -0.640. The van der Waals surface area contributed by atoms with Gasteiger partial charge in [-0.05, 0) is 0 Å². The first kappa shape index (κ1) is 6.36. The zero-order valence-electron chi connectivity index (χ0n) is 3.48. The highest BCUT2D eigenvalue weighted by Crippen LogP contribution is 1.57. The molecular formula is C3H3N3S. The van der Waals surface area contributed by atoms with Gasteiger partial charge < -0.3 is 0 Å². The van der Waals surface area contributed by atoms with E-state index in [9.17, 15) is 0 Å². The molecule has 0 fully saturated rings. The molecule has 0 atom stereocenters. The van der Waals surface area contributed by atoms with E-state index in [1.54, 1.807) is 0 Å². The Kier molecular flexibility index (Phi) is 3.22. The van der Waals surface area contributed by atoms with E-state index in [-0.39, 0.29) is 13.5 Å². The molecule has 0 aliphatic rings. The molecule has 0 spiro atoms. The number of nitrogens with zero attached hydrogens (tertiary/aromatic N) is 3. The lowest BCUT2D eigenvalue weighted by molar-refractivity contribution is 1.05. The number of aromatic nitrogens is 3.